The van der Waals surface area contributed by atoms with Gasteiger partial charge in [0.05, 0.1) is 19.6 Å². The van der Waals surface area contributed by atoms with Gasteiger partial charge in [0.2, 0.25) is 0 Å². The van der Waals surface area contributed by atoms with Crippen LogP contribution in [0, 0.1) is 5.92 Å². The van der Waals surface area contributed by atoms with E-state index in [1.807, 2.05) is 4.90 Å². The van der Waals surface area contributed by atoms with Gasteiger partial charge in [-0.25, -0.2) is 4.79 Å². The quantitative estimate of drug-likeness (QED) is 0.286. The second-order valence-electron chi connectivity index (χ2n) is 6.74. The number of esters is 2. The fourth-order valence-electron chi connectivity index (χ4n) is 3.88. The Kier molecular flexibility index (Phi) is 7.54. The van der Waals surface area contributed by atoms with Crippen molar-refractivity contribution < 1.29 is 23.9 Å². The molecule has 1 aromatic carbocycles. The van der Waals surface area contributed by atoms with Crippen LogP contribution in [0.5, 0.6) is 0 Å². The zero-order valence-electron chi connectivity index (χ0n) is 16.4. The number of hydrogen-bond acceptors (Lipinski definition) is 6. The fourth-order valence-corrected chi connectivity index (χ4v) is 3.88. The van der Waals surface area contributed by atoms with Gasteiger partial charge in [0.25, 0.3) is 0 Å². The lowest BCUT2D eigenvalue weighted by Crippen LogP contribution is -2.62. The molecule has 1 heterocycles. The van der Waals surface area contributed by atoms with Crippen molar-refractivity contribution in [2.75, 3.05) is 26.8 Å². The molecule has 0 aromatic heterocycles. The van der Waals surface area contributed by atoms with Crippen molar-refractivity contribution in [1.82, 2.24) is 4.90 Å². The van der Waals surface area contributed by atoms with Crippen LogP contribution in [0.1, 0.15) is 49.9 Å². The molecule has 0 saturated carbocycles. The number of nitrogens with zero attached hydrogens (tertiary/aromatic N) is 1. The molecule has 0 spiro atoms. The van der Waals surface area contributed by atoms with Gasteiger partial charge in [0.15, 0.2) is 11.3 Å². The SMILES string of the molecule is CCCCCN1CCC(C(=O)OC)C1(C(=O)OCC)C(=O)c1ccccc1. The number of ketones is 1. The molecule has 1 aliphatic heterocycles. The highest BCUT2D eigenvalue weighted by molar-refractivity contribution is 6.19. The number of unbranched alkanes of at least 4 members (excludes halogenated alkanes) is 2. The minimum atomic E-state index is -1.67. The number of carbonyl (C=O) groups is 3. The van der Waals surface area contributed by atoms with Crippen LogP contribution in [0.3, 0.4) is 0 Å². The topological polar surface area (TPSA) is 72.9 Å². The number of hydrogen-bond donors (Lipinski definition) is 0. The summed E-state index contributed by atoms with van der Waals surface area (Å²) < 4.78 is 10.3. The minimum absolute atomic E-state index is 0.138. The summed E-state index contributed by atoms with van der Waals surface area (Å²) in [5.74, 6) is -2.49. The first-order valence-corrected chi connectivity index (χ1v) is 9.63. The number of carbonyl (C=O) groups excluding carboxylic acids is 3. The van der Waals surface area contributed by atoms with Crippen LogP contribution >= 0.6 is 0 Å². The maximum atomic E-state index is 13.6. The minimum Gasteiger partial charge on any atom is -0.469 e. The average molecular weight is 375 g/mol. The van der Waals surface area contributed by atoms with Crippen LogP contribution in [0.2, 0.25) is 0 Å². The molecule has 0 aliphatic carbocycles. The highest BCUT2D eigenvalue weighted by atomic mass is 16.5. The standard InChI is InChI=1S/C21H29NO5/c1-4-6-10-14-22-15-13-17(19(24)26-3)21(22,20(25)27-5-2)18(23)16-11-8-7-9-12-16/h7-9,11-12,17H,4-6,10,13-15H2,1-3H3. The van der Waals surface area contributed by atoms with Gasteiger partial charge in [-0.2, -0.15) is 0 Å². The maximum Gasteiger partial charge on any atom is 0.335 e. The van der Waals surface area contributed by atoms with Crippen LogP contribution < -0.4 is 0 Å². The summed E-state index contributed by atoms with van der Waals surface area (Å²) in [5, 5.41) is 0. The molecule has 1 fully saturated rings. The van der Waals surface area contributed by atoms with Crippen molar-refractivity contribution in [3.8, 4) is 0 Å². The Bertz CT molecular complexity index is 660. The summed E-state index contributed by atoms with van der Waals surface area (Å²) in [4.78, 5) is 41.1. The molecule has 27 heavy (non-hydrogen) atoms. The first-order chi connectivity index (χ1) is 13.0. The van der Waals surface area contributed by atoms with E-state index in [9.17, 15) is 14.4 Å². The van der Waals surface area contributed by atoms with E-state index in [2.05, 4.69) is 6.92 Å². The van der Waals surface area contributed by atoms with E-state index >= 15 is 0 Å². The number of benzene rings is 1. The normalized spacial score (nSPS) is 22.4. The average Bonchev–Trinajstić information content (AvgIpc) is 3.08. The maximum absolute atomic E-state index is 13.6. The number of Topliss-reactive ketones (excluding diaryl/α,β-unsaturated/α-hetero) is 1. The fraction of sp³-hybridized carbons (Fsp3) is 0.571. The van der Waals surface area contributed by atoms with Gasteiger partial charge in [0, 0.05) is 12.1 Å². The molecule has 1 aliphatic rings. The second kappa shape index (κ2) is 9.65. The zero-order valence-corrected chi connectivity index (χ0v) is 16.4. The number of rotatable bonds is 9. The smallest absolute Gasteiger partial charge is 0.335 e. The molecule has 148 valence electrons. The molecule has 0 amide bonds. The van der Waals surface area contributed by atoms with E-state index in [-0.39, 0.29) is 6.61 Å². The van der Waals surface area contributed by atoms with E-state index in [4.69, 9.17) is 9.47 Å². The monoisotopic (exact) mass is 375 g/mol. The number of methoxy groups -OCH3 is 1. The van der Waals surface area contributed by atoms with Crippen molar-refractivity contribution >= 4 is 17.7 Å². The van der Waals surface area contributed by atoms with Gasteiger partial charge < -0.3 is 9.47 Å². The Balaban J connectivity index is 2.55. The van der Waals surface area contributed by atoms with E-state index < -0.39 is 29.2 Å². The Morgan fingerprint density at radius 2 is 1.85 bits per heavy atom. The number of likely N-dealkylation sites (tertiary alicyclic amines) is 1. The Morgan fingerprint density at radius 1 is 1.15 bits per heavy atom. The third-order valence-electron chi connectivity index (χ3n) is 5.18. The van der Waals surface area contributed by atoms with E-state index in [1.54, 1.807) is 37.3 Å². The van der Waals surface area contributed by atoms with E-state index in [0.29, 0.717) is 25.1 Å². The molecule has 0 radical (unpaired) electrons. The van der Waals surface area contributed by atoms with Gasteiger partial charge in [-0.05, 0) is 26.3 Å². The predicted octanol–water partition coefficient (Wildman–Crippen LogP) is 2.86. The van der Waals surface area contributed by atoms with Crippen LogP contribution in [0.25, 0.3) is 0 Å². The highest BCUT2D eigenvalue weighted by Gasteiger charge is 2.63. The number of ether oxygens (including phenoxy) is 2. The Hall–Kier alpha value is -2.21. The summed E-state index contributed by atoms with van der Waals surface area (Å²) >= 11 is 0. The largest absolute Gasteiger partial charge is 0.469 e. The van der Waals surface area contributed by atoms with Crippen molar-refractivity contribution in [2.45, 2.75) is 45.1 Å². The van der Waals surface area contributed by atoms with Crippen LogP contribution in [0.15, 0.2) is 30.3 Å². The summed E-state index contributed by atoms with van der Waals surface area (Å²) in [6.07, 6.45) is 3.23. The Labute approximate surface area is 160 Å². The molecule has 6 heteroatoms. The van der Waals surface area contributed by atoms with Crippen molar-refractivity contribution in [3.63, 3.8) is 0 Å². The summed E-state index contributed by atoms with van der Waals surface area (Å²) in [7, 11) is 1.28. The lowest BCUT2D eigenvalue weighted by Gasteiger charge is -2.37. The van der Waals surface area contributed by atoms with Crippen LogP contribution in [-0.4, -0.2) is 55.0 Å². The summed E-state index contributed by atoms with van der Waals surface area (Å²) in [6, 6.07) is 8.63. The molecule has 2 unspecified atom stereocenters. The lowest BCUT2D eigenvalue weighted by atomic mass is 9.78. The van der Waals surface area contributed by atoms with Gasteiger partial charge in [-0.15, -0.1) is 0 Å². The molecular formula is C21H29NO5. The molecule has 6 nitrogen and oxygen atoms in total. The Morgan fingerprint density at radius 3 is 2.44 bits per heavy atom. The van der Waals surface area contributed by atoms with Crippen molar-refractivity contribution in [2.24, 2.45) is 5.92 Å². The zero-order chi connectivity index (χ0) is 19.9. The second-order valence-corrected chi connectivity index (χ2v) is 6.74. The first kappa shape index (κ1) is 21.1. The molecule has 1 saturated heterocycles. The third kappa shape index (κ3) is 4.05. The van der Waals surface area contributed by atoms with Gasteiger partial charge in [-0.3, -0.25) is 14.5 Å². The lowest BCUT2D eigenvalue weighted by molar-refractivity contribution is -0.162. The van der Waals surface area contributed by atoms with Crippen LogP contribution in [0.4, 0.5) is 0 Å². The van der Waals surface area contributed by atoms with E-state index in [0.717, 1.165) is 19.3 Å². The van der Waals surface area contributed by atoms with E-state index in [1.165, 1.54) is 7.11 Å². The molecule has 0 N–H and O–H groups in total. The van der Waals surface area contributed by atoms with Gasteiger partial charge in [0.1, 0.15) is 0 Å². The van der Waals surface area contributed by atoms with Crippen LogP contribution in [-0.2, 0) is 19.1 Å². The van der Waals surface area contributed by atoms with Crippen molar-refractivity contribution in [3.05, 3.63) is 35.9 Å². The van der Waals surface area contributed by atoms with Crippen molar-refractivity contribution in [1.29, 1.82) is 0 Å². The highest BCUT2D eigenvalue weighted by Crippen LogP contribution is 2.40. The summed E-state index contributed by atoms with van der Waals surface area (Å²) in [6.45, 7) is 4.95. The van der Waals surface area contributed by atoms with Gasteiger partial charge in [-0.1, -0.05) is 50.1 Å². The van der Waals surface area contributed by atoms with Gasteiger partial charge >= 0.3 is 11.9 Å². The predicted molar refractivity (Wildman–Crippen MR) is 101 cm³/mol. The molecule has 2 atom stereocenters. The summed E-state index contributed by atoms with van der Waals surface area (Å²) in [5.41, 5.74) is -1.28. The first-order valence-electron chi connectivity index (χ1n) is 9.63. The molecule has 2 rings (SSSR count). The molecular weight excluding hydrogens is 346 g/mol. The molecule has 0 bridgehead atoms. The third-order valence-corrected chi connectivity index (χ3v) is 5.18. The molecule has 1 aromatic rings.